The standard InChI is InChI=1S/C15H25NO3/c1-10-5-4-8-12(10)14(17)16-9-11-6-2-3-7-13(11)15(18)19/h10-13H,2-9H2,1H3,(H,16,17)(H,18,19). The van der Waals surface area contributed by atoms with Crippen molar-refractivity contribution in [1.29, 1.82) is 0 Å². The number of carbonyl (C=O) groups is 2. The van der Waals surface area contributed by atoms with Gasteiger partial charge in [-0.15, -0.1) is 0 Å². The maximum absolute atomic E-state index is 12.1. The Balaban J connectivity index is 1.83. The molecule has 0 radical (unpaired) electrons. The molecule has 4 heteroatoms. The number of carbonyl (C=O) groups excluding carboxylic acids is 1. The fraction of sp³-hybridized carbons (Fsp3) is 0.867. The van der Waals surface area contributed by atoms with Crippen molar-refractivity contribution in [2.75, 3.05) is 6.54 Å². The summed E-state index contributed by atoms with van der Waals surface area (Å²) in [7, 11) is 0. The van der Waals surface area contributed by atoms with Crippen LogP contribution in [0.2, 0.25) is 0 Å². The van der Waals surface area contributed by atoms with Crippen molar-refractivity contribution in [3.63, 3.8) is 0 Å². The highest BCUT2D eigenvalue weighted by atomic mass is 16.4. The summed E-state index contributed by atoms with van der Waals surface area (Å²) in [5.74, 6) is -0.0941. The second kappa shape index (κ2) is 6.40. The summed E-state index contributed by atoms with van der Waals surface area (Å²) in [6.45, 7) is 2.68. The maximum Gasteiger partial charge on any atom is 0.306 e. The van der Waals surface area contributed by atoms with Gasteiger partial charge in [0, 0.05) is 12.5 Å². The number of aliphatic carboxylic acids is 1. The molecule has 4 unspecified atom stereocenters. The van der Waals surface area contributed by atoms with Crippen molar-refractivity contribution in [3.05, 3.63) is 0 Å². The van der Waals surface area contributed by atoms with Gasteiger partial charge in [-0.2, -0.15) is 0 Å². The van der Waals surface area contributed by atoms with Gasteiger partial charge in [0.2, 0.25) is 5.91 Å². The largest absolute Gasteiger partial charge is 0.481 e. The molecule has 0 spiro atoms. The summed E-state index contributed by atoms with van der Waals surface area (Å²) in [4.78, 5) is 23.3. The summed E-state index contributed by atoms with van der Waals surface area (Å²) in [5, 5.41) is 12.2. The number of carboxylic acid groups (broad SMARTS) is 1. The van der Waals surface area contributed by atoms with Crippen LogP contribution in [-0.4, -0.2) is 23.5 Å². The maximum atomic E-state index is 12.1. The van der Waals surface area contributed by atoms with Crippen LogP contribution in [0.15, 0.2) is 0 Å². The molecule has 108 valence electrons. The molecule has 0 saturated heterocycles. The van der Waals surface area contributed by atoms with Crippen LogP contribution in [0.1, 0.15) is 51.9 Å². The Bertz CT molecular complexity index is 342. The molecular weight excluding hydrogens is 242 g/mol. The zero-order valence-corrected chi connectivity index (χ0v) is 11.7. The van der Waals surface area contributed by atoms with Gasteiger partial charge in [-0.1, -0.05) is 26.2 Å². The average molecular weight is 267 g/mol. The van der Waals surface area contributed by atoms with Crippen molar-refractivity contribution < 1.29 is 14.7 Å². The van der Waals surface area contributed by atoms with Crippen LogP contribution < -0.4 is 5.32 Å². The second-order valence-electron chi connectivity index (χ2n) is 6.25. The molecule has 4 atom stereocenters. The second-order valence-corrected chi connectivity index (χ2v) is 6.25. The van der Waals surface area contributed by atoms with Crippen LogP contribution in [0.3, 0.4) is 0 Å². The first-order valence-electron chi connectivity index (χ1n) is 7.60. The Kier molecular flexibility index (Phi) is 4.83. The molecule has 2 aliphatic carbocycles. The van der Waals surface area contributed by atoms with E-state index in [4.69, 9.17) is 0 Å². The van der Waals surface area contributed by atoms with Crippen molar-refractivity contribution in [2.24, 2.45) is 23.7 Å². The van der Waals surface area contributed by atoms with Gasteiger partial charge >= 0.3 is 5.97 Å². The van der Waals surface area contributed by atoms with Crippen LogP contribution in [0.5, 0.6) is 0 Å². The Morgan fingerprint density at radius 2 is 1.74 bits per heavy atom. The predicted octanol–water partition coefficient (Wildman–Crippen LogP) is 2.43. The Hall–Kier alpha value is -1.06. The van der Waals surface area contributed by atoms with Gasteiger partial charge in [-0.05, 0) is 37.5 Å². The third-order valence-corrected chi connectivity index (χ3v) is 4.96. The SMILES string of the molecule is CC1CCCC1C(=O)NCC1CCCCC1C(=O)O. The molecule has 2 saturated carbocycles. The summed E-state index contributed by atoms with van der Waals surface area (Å²) in [6.07, 6.45) is 7.04. The van der Waals surface area contributed by atoms with Gasteiger partial charge in [-0.3, -0.25) is 9.59 Å². The lowest BCUT2D eigenvalue weighted by atomic mass is 9.79. The molecule has 0 aromatic rings. The molecule has 0 heterocycles. The minimum Gasteiger partial charge on any atom is -0.481 e. The van der Waals surface area contributed by atoms with E-state index >= 15 is 0 Å². The van der Waals surface area contributed by atoms with E-state index in [-0.39, 0.29) is 23.7 Å². The van der Waals surface area contributed by atoms with Crippen LogP contribution >= 0.6 is 0 Å². The molecule has 1 amide bonds. The average Bonchev–Trinajstić information content (AvgIpc) is 2.82. The van der Waals surface area contributed by atoms with E-state index in [1.165, 1.54) is 0 Å². The van der Waals surface area contributed by atoms with Crippen LogP contribution in [0.25, 0.3) is 0 Å². The molecule has 0 aromatic heterocycles. The van der Waals surface area contributed by atoms with E-state index in [1.54, 1.807) is 0 Å². The summed E-state index contributed by atoms with van der Waals surface area (Å²) in [5.41, 5.74) is 0. The lowest BCUT2D eigenvalue weighted by Gasteiger charge is -2.29. The van der Waals surface area contributed by atoms with Crippen LogP contribution in [0, 0.1) is 23.7 Å². The zero-order valence-electron chi connectivity index (χ0n) is 11.7. The first-order chi connectivity index (χ1) is 9.09. The quantitative estimate of drug-likeness (QED) is 0.822. The van der Waals surface area contributed by atoms with Crippen LogP contribution in [0.4, 0.5) is 0 Å². The van der Waals surface area contributed by atoms with Crippen molar-refractivity contribution in [3.8, 4) is 0 Å². The summed E-state index contributed by atoms with van der Waals surface area (Å²) >= 11 is 0. The lowest BCUT2D eigenvalue weighted by molar-refractivity contribution is -0.145. The van der Waals surface area contributed by atoms with Crippen molar-refractivity contribution in [2.45, 2.75) is 51.9 Å². The molecule has 2 rings (SSSR count). The van der Waals surface area contributed by atoms with E-state index in [9.17, 15) is 14.7 Å². The van der Waals surface area contributed by atoms with E-state index in [2.05, 4.69) is 12.2 Å². The number of hydrogen-bond donors (Lipinski definition) is 2. The number of amides is 1. The molecule has 0 aliphatic heterocycles. The fourth-order valence-electron chi connectivity index (χ4n) is 3.67. The van der Waals surface area contributed by atoms with Crippen molar-refractivity contribution in [1.82, 2.24) is 5.32 Å². The molecule has 2 fully saturated rings. The topological polar surface area (TPSA) is 66.4 Å². The first kappa shape index (κ1) is 14.4. The van der Waals surface area contributed by atoms with Gasteiger partial charge in [0.1, 0.15) is 0 Å². The highest BCUT2D eigenvalue weighted by Crippen LogP contribution is 2.32. The van der Waals surface area contributed by atoms with Gasteiger partial charge in [0.05, 0.1) is 5.92 Å². The normalized spacial score (nSPS) is 35.0. The van der Waals surface area contributed by atoms with E-state index in [1.807, 2.05) is 0 Å². The first-order valence-corrected chi connectivity index (χ1v) is 7.60. The Morgan fingerprint density at radius 1 is 1.05 bits per heavy atom. The Morgan fingerprint density at radius 3 is 2.37 bits per heavy atom. The number of hydrogen-bond acceptors (Lipinski definition) is 2. The van der Waals surface area contributed by atoms with Crippen LogP contribution in [-0.2, 0) is 9.59 Å². The van der Waals surface area contributed by atoms with Gasteiger partial charge < -0.3 is 10.4 Å². The molecule has 2 aliphatic rings. The van der Waals surface area contributed by atoms with Gasteiger partial charge in [0.15, 0.2) is 0 Å². The monoisotopic (exact) mass is 267 g/mol. The molecule has 0 bridgehead atoms. The molecule has 2 N–H and O–H groups in total. The molecule has 19 heavy (non-hydrogen) atoms. The van der Waals surface area contributed by atoms with Gasteiger partial charge in [0.25, 0.3) is 0 Å². The number of nitrogens with one attached hydrogen (secondary N) is 1. The third-order valence-electron chi connectivity index (χ3n) is 4.96. The van der Waals surface area contributed by atoms with E-state index in [0.717, 1.165) is 44.9 Å². The van der Waals surface area contributed by atoms with E-state index < -0.39 is 5.97 Å². The third kappa shape index (κ3) is 3.48. The molecular formula is C15H25NO3. The molecule has 4 nitrogen and oxygen atoms in total. The predicted molar refractivity (Wildman–Crippen MR) is 72.6 cm³/mol. The summed E-state index contributed by atoms with van der Waals surface area (Å²) < 4.78 is 0. The minimum absolute atomic E-state index is 0.118. The lowest BCUT2D eigenvalue weighted by Crippen LogP contribution is -2.40. The smallest absolute Gasteiger partial charge is 0.306 e. The fourth-order valence-corrected chi connectivity index (χ4v) is 3.67. The minimum atomic E-state index is -0.701. The highest BCUT2D eigenvalue weighted by molar-refractivity contribution is 5.79. The highest BCUT2D eigenvalue weighted by Gasteiger charge is 2.33. The Labute approximate surface area is 115 Å². The van der Waals surface area contributed by atoms with Gasteiger partial charge in [-0.25, -0.2) is 0 Å². The van der Waals surface area contributed by atoms with Crippen molar-refractivity contribution >= 4 is 11.9 Å². The number of carboxylic acids is 1. The summed E-state index contributed by atoms with van der Waals surface area (Å²) in [6, 6.07) is 0. The molecule has 0 aromatic carbocycles. The number of rotatable bonds is 4. The van der Waals surface area contributed by atoms with E-state index in [0.29, 0.717) is 12.5 Å². The zero-order chi connectivity index (χ0) is 13.8.